The summed E-state index contributed by atoms with van der Waals surface area (Å²) in [5, 5.41) is 6.71. The van der Waals surface area contributed by atoms with Crippen LogP contribution in [0.4, 0.5) is 4.79 Å². The van der Waals surface area contributed by atoms with Crippen molar-refractivity contribution >= 4 is 40.1 Å². The average molecular weight is 563 g/mol. The molecule has 1 aliphatic rings. The molecule has 1 aliphatic carbocycles. The Morgan fingerprint density at radius 1 is 1.07 bits per heavy atom. The van der Waals surface area contributed by atoms with Gasteiger partial charge in [0.25, 0.3) is 5.91 Å². The van der Waals surface area contributed by atoms with Crippen LogP contribution in [0.25, 0.3) is 22.2 Å². The zero-order chi connectivity index (χ0) is 28.1. The quantitative estimate of drug-likeness (QED) is 0.148. The largest absolute Gasteiger partial charge is 0.491 e. The maximum atomic E-state index is 12.9. The number of hydrogen-bond donors (Lipinski definition) is 2. The lowest BCUT2D eigenvalue weighted by Gasteiger charge is -2.09. The van der Waals surface area contributed by atoms with Gasteiger partial charge >= 0.3 is 6.09 Å². The van der Waals surface area contributed by atoms with E-state index in [1.54, 1.807) is 17.6 Å². The number of nitrogens with zero attached hydrogens (tertiary/aromatic N) is 2. The van der Waals surface area contributed by atoms with E-state index >= 15 is 0 Å². The van der Waals surface area contributed by atoms with Crippen LogP contribution in [-0.4, -0.2) is 47.2 Å². The number of carbonyl (C=O) groups excluding carboxylic acids is 3. The molecule has 0 aliphatic heterocycles. The normalized spacial score (nSPS) is 12.8. The first kappa shape index (κ1) is 27.4. The number of aryl methyl sites for hydroxylation is 1. The Morgan fingerprint density at radius 3 is 2.73 bits per heavy atom. The van der Waals surface area contributed by atoms with Gasteiger partial charge in [0.2, 0.25) is 5.91 Å². The molecule has 2 heterocycles. The first-order valence-electron chi connectivity index (χ1n) is 13.1. The molecule has 11 heteroatoms. The number of ether oxygens (including phenoxy) is 1. The molecule has 0 bridgehead atoms. The van der Waals surface area contributed by atoms with E-state index in [9.17, 15) is 14.4 Å². The van der Waals surface area contributed by atoms with Crippen molar-refractivity contribution in [2.45, 2.75) is 33.2 Å². The van der Waals surface area contributed by atoms with E-state index in [0.717, 1.165) is 45.4 Å². The molecule has 4 aromatic rings. The number of hydrogen-bond acceptors (Lipinski definition) is 8. The summed E-state index contributed by atoms with van der Waals surface area (Å²) in [6, 6.07) is 15.2. The van der Waals surface area contributed by atoms with Gasteiger partial charge in [0.15, 0.2) is 5.01 Å². The molecule has 10 nitrogen and oxygen atoms in total. The number of nitrogens with one attached hydrogen (secondary N) is 2. The highest BCUT2D eigenvalue weighted by atomic mass is 32.1. The van der Waals surface area contributed by atoms with Crippen LogP contribution < -0.4 is 15.4 Å². The Kier molecular flexibility index (Phi) is 8.42. The number of benzene rings is 2. The molecular formula is C29H30N4O6S. The fourth-order valence-corrected chi connectivity index (χ4v) is 5.09. The zero-order valence-electron chi connectivity index (χ0n) is 22.3. The number of rotatable bonds is 11. The van der Waals surface area contributed by atoms with Gasteiger partial charge in [-0.25, -0.2) is 9.78 Å². The van der Waals surface area contributed by atoms with E-state index in [1.165, 1.54) is 11.3 Å². The lowest BCUT2D eigenvalue weighted by molar-refractivity contribution is -0.241. The summed E-state index contributed by atoms with van der Waals surface area (Å²) in [6.07, 6.45) is 3.11. The monoisotopic (exact) mass is 562 g/mol. The molecule has 0 saturated heterocycles. The van der Waals surface area contributed by atoms with Crippen LogP contribution in [0.1, 0.15) is 44.8 Å². The van der Waals surface area contributed by atoms with Gasteiger partial charge in [0.1, 0.15) is 19.0 Å². The van der Waals surface area contributed by atoms with Crippen LogP contribution in [-0.2, 0) is 16.3 Å². The first-order chi connectivity index (χ1) is 19.4. The van der Waals surface area contributed by atoms with Crippen molar-refractivity contribution in [3.05, 3.63) is 70.2 Å². The summed E-state index contributed by atoms with van der Waals surface area (Å²) in [6.45, 7) is 4.72. The molecule has 208 valence electrons. The SMILES string of the molecule is CCNC(=O)OOCCOc1cccc(CNC(=O)c2nc(-c3ccc4c(ccn4C(=O)C4CC4)c3)c(C)s2)c1. The van der Waals surface area contributed by atoms with Gasteiger partial charge in [0, 0.05) is 41.0 Å². The molecule has 2 amide bonds. The van der Waals surface area contributed by atoms with E-state index in [-0.39, 0.29) is 30.9 Å². The smallest absolute Gasteiger partial charge is 0.438 e. The van der Waals surface area contributed by atoms with Crippen molar-refractivity contribution in [3.8, 4) is 17.0 Å². The third kappa shape index (κ3) is 6.49. The Balaban J connectivity index is 1.16. The molecule has 0 radical (unpaired) electrons. The Morgan fingerprint density at radius 2 is 1.93 bits per heavy atom. The van der Waals surface area contributed by atoms with Crippen LogP contribution in [0, 0.1) is 12.8 Å². The summed E-state index contributed by atoms with van der Waals surface area (Å²) >= 11 is 1.34. The molecule has 0 atom stereocenters. The molecule has 40 heavy (non-hydrogen) atoms. The number of aromatic nitrogens is 2. The predicted octanol–water partition coefficient (Wildman–Crippen LogP) is 5.11. The standard InChI is InChI=1S/C29H30N4O6S/c1-3-30-29(36)39-38-14-13-37-23-6-4-5-19(15-23)17-31-26(34)27-32-25(18(2)40-27)22-9-10-24-21(16-22)11-12-33(24)28(35)20-7-8-20/h4-6,9-12,15-16,20H,3,7-8,13-14,17H2,1-2H3,(H,30,36)(H,31,34). The van der Waals surface area contributed by atoms with Crippen molar-refractivity contribution in [1.82, 2.24) is 20.2 Å². The Hall–Kier alpha value is -4.22. The van der Waals surface area contributed by atoms with E-state index in [2.05, 4.69) is 20.5 Å². The van der Waals surface area contributed by atoms with E-state index < -0.39 is 6.09 Å². The highest BCUT2D eigenvalue weighted by Gasteiger charge is 2.31. The molecule has 5 rings (SSSR count). The van der Waals surface area contributed by atoms with E-state index in [1.807, 2.05) is 55.6 Å². The third-order valence-electron chi connectivity index (χ3n) is 6.36. The summed E-state index contributed by atoms with van der Waals surface area (Å²) in [5.74, 6) is 0.640. The van der Waals surface area contributed by atoms with Crippen LogP contribution >= 0.6 is 11.3 Å². The number of amides is 2. The average Bonchev–Trinajstić information content (AvgIpc) is 3.61. The summed E-state index contributed by atoms with van der Waals surface area (Å²) in [5.41, 5.74) is 3.40. The van der Waals surface area contributed by atoms with Crippen molar-refractivity contribution in [1.29, 1.82) is 0 Å². The molecule has 2 aromatic heterocycles. The number of thiazole rings is 1. The van der Waals surface area contributed by atoms with Crippen molar-refractivity contribution in [3.63, 3.8) is 0 Å². The van der Waals surface area contributed by atoms with Gasteiger partial charge in [-0.3, -0.25) is 19.0 Å². The highest BCUT2D eigenvalue weighted by molar-refractivity contribution is 7.14. The molecule has 0 spiro atoms. The summed E-state index contributed by atoms with van der Waals surface area (Å²) in [4.78, 5) is 51.5. The zero-order valence-corrected chi connectivity index (χ0v) is 23.1. The molecule has 0 unspecified atom stereocenters. The maximum absolute atomic E-state index is 12.9. The summed E-state index contributed by atoms with van der Waals surface area (Å²) < 4.78 is 7.36. The van der Waals surface area contributed by atoms with Gasteiger partial charge in [0.05, 0.1) is 11.2 Å². The van der Waals surface area contributed by atoms with Crippen LogP contribution in [0.15, 0.2) is 54.7 Å². The Labute approximate surface area is 235 Å². The number of carbonyl (C=O) groups is 3. The van der Waals surface area contributed by atoms with Crippen molar-refractivity contribution in [2.75, 3.05) is 19.8 Å². The molecule has 1 fully saturated rings. The van der Waals surface area contributed by atoms with Gasteiger partial charge in [-0.05, 0) is 62.6 Å². The first-order valence-corrected chi connectivity index (χ1v) is 13.9. The molecule has 2 N–H and O–H groups in total. The van der Waals surface area contributed by atoms with Crippen LogP contribution in [0.5, 0.6) is 5.75 Å². The molecular weight excluding hydrogens is 532 g/mol. The highest BCUT2D eigenvalue weighted by Crippen LogP contribution is 2.34. The third-order valence-corrected chi connectivity index (χ3v) is 7.33. The second kappa shape index (κ2) is 12.3. The molecule has 1 saturated carbocycles. The van der Waals surface area contributed by atoms with Crippen LogP contribution in [0.3, 0.4) is 0 Å². The second-order valence-electron chi connectivity index (χ2n) is 9.40. The predicted molar refractivity (Wildman–Crippen MR) is 150 cm³/mol. The van der Waals surface area contributed by atoms with E-state index in [0.29, 0.717) is 23.8 Å². The topological polar surface area (TPSA) is 121 Å². The van der Waals surface area contributed by atoms with Crippen LogP contribution in [0.2, 0.25) is 0 Å². The lowest BCUT2D eigenvalue weighted by atomic mass is 10.1. The minimum atomic E-state index is -0.652. The fourth-order valence-electron chi connectivity index (χ4n) is 4.24. The molecule has 2 aromatic carbocycles. The fraction of sp³-hybridized carbons (Fsp3) is 0.310. The second-order valence-corrected chi connectivity index (χ2v) is 10.6. The van der Waals surface area contributed by atoms with E-state index in [4.69, 9.17) is 9.62 Å². The minimum absolute atomic E-state index is 0.0706. The lowest BCUT2D eigenvalue weighted by Crippen LogP contribution is -2.24. The minimum Gasteiger partial charge on any atom is -0.491 e. The van der Waals surface area contributed by atoms with Gasteiger partial charge in [-0.1, -0.05) is 18.2 Å². The number of fused-ring (bicyclic) bond motifs is 1. The van der Waals surface area contributed by atoms with Crippen molar-refractivity contribution in [2.24, 2.45) is 5.92 Å². The maximum Gasteiger partial charge on any atom is 0.438 e. The van der Waals surface area contributed by atoms with Gasteiger partial charge in [-0.15, -0.1) is 11.3 Å². The van der Waals surface area contributed by atoms with Gasteiger partial charge < -0.3 is 15.4 Å². The van der Waals surface area contributed by atoms with Crippen molar-refractivity contribution < 1.29 is 28.9 Å². The van der Waals surface area contributed by atoms with Gasteiger partial charge in [-0.2, -0.15) is 4.89 Å². The Bertz CT molecular complexity index is 1540. The summed E-state index contributed by atoms with van der Waals surface area (Å²) in [7, 11) is 0.